The quantitative estimate of drug-likeness (QED) is 0.611. The van der Waals surface area contributed by atoms with E-state index in [9.17, 15) is 4.79 Å². The highest BCUT2D eigenvalue weighted by atomic mass is 79.9. The topological polar surface area (TPSA) is 52.3 Å². The van der Waals surface area contributed by atoms with Crippen LogP contribution in [0.3, 0.4) is 0 Å². The summed E-state index contributed by atoms with van der Waals surface area (Å²) in [6, 6.07) is 4.95. The van der Waals surface area contributed by atoms with Gasteiger partial charge in [0, 0.05) is 0 Å². The van der Waals surface area contributed by atoms with E-state index in [1.807, 2.05) is 0 Å². The summed E-state index contributed by atoms with van der Waals surface area (Å²) in [5.41, 5.74) is 1.95. The minimum atomic E-state index is -0.383. The predicted molar refractivity (Wildman–Crippen MR) is 53.2 cm³/mol. The standard InChI is InChI=1S/C9H6BrNO3/c10-4-13-9(12)6-1-2-8-7(3-6)11-5-14-8/h1-3,5H,4H2. The van der Waals surface area contributed by atoms with Crippen LogP contribution in [-0.4, -0.2) is 16.5 Å². The molecule has 0 bridgehead atoms. The highest BCUT2D eigenvalue weighted by Gasteiger charge is 2.08. The Morgan fingerprint density at radius 2 is 2.43 bits per heavy atom. The molecular formula is C9H6BrNO3. The second kappa shape index (κ2) is 3.79. The molecule has 0 N–H and O–H groups in total. The van der Waals surface area contributed by atoms with E-state index >= 15 is 0 Å². The Morgan fingerprint density at radius 1 is 1.57 bits per heavy atom. The van der Waals surface area contributed by atoms with Crippen LogP contribution >= 0.6 is 15.9 Å². The predicted octanol–water partition coefficient (Wildman–Crippen LogP) is 2.34. The smallest absolute Gasteiger partial charge is 0.339 e. The van der Waals surface area contributed by atoms with Crippen molar-refractivity contribution in [3.05, 3.63) is 30.2 Å². The Kier molecular flexibility index (Phi) is 2.49. The number of oxazole rings is 1. The number of halogens is 1. The minimum Gasteiger partial charge on any atom is -0.450 e. The number of benzene rings is 1. The van der Waals surface area contributed by atoms with E-state index in [1.54, 1.807) is 18.2 Å². The third-order valence-electron chi connectivity index (χ3n) is 1.75. The van der Waals surface area contributed by atoms with Crippen LogP contribution in [0.25, 0.3) is 11.1 Å². The monoisotopic (exact) mass is 255 g/mol. The van der Waals surface area contributed by atoms with E-state index < -0.39 is 0 Å². The van der Waals surface area contributed by atoms with E-state index in [4.69, 9.17) is 9.15 Å². The van der Waals surface area contributed by atoms with Gasteiger partial charge in [0.1, 0.15) is 11.0 Å². The first-order valence-electron chi connectivity index (χ1n) is 3.87. The van der Waals surface area contributed by atoms with Gasteiger partial charge in [-0.25, -0.2) is 9.78 Å². The highest BCUT2D eigenvalue weighted by Crippen LogP contribution is 2.14. The summed E-state index contributed by atoms with van der Waals surface area (Å²) >= 11 is 3.01. The summed E-state index contributed by atoms with van der Waals surface area (Å²) in [5, 5.41) is 0. The van der Waals surface area contributed by atoms with Gasteiger partial charge in [0.15, 0.2) is 12.0 Å². The summed E-state index contributed by atoms with van der Waals surface area (Å²) in [4.78, 5) is 15.2. The molecule has 0 amide bonds. The van der Waals surface area contributed by atoms with E-state index in [0.29, 0.717) is 16.7 Å². The van der Waals surface area contributed by atoms with Gasteiger partial charge in [-0.2, -0.15) is 0 Å². The van der Waals surface area contributed by atoms with Crippen molar-refractivity contribution in [1.29, 1.82) is 0 Å². The number of carbonyl (C=O) groups excluding carboxylic acids is 1. The summed E-state index contributed by atoms with van der Waals surface area (Å²) < 4.78 is 9.81. The molecule has 0 saturated carbocycles. The second-order valence-electron chi connectivity index (χ2n) is 2.58. The van der Waals surface area contributed by atoms with Crippen molar-refractivity contribution in [2.24, 2.45) is 0 Å². The Morgan fingerprint density at radius 3 is 3.21 bits per heavy atom. The molecule has 14 heavy (non-hydrogen) atoms. The third kappa shape index (κ3) is 1.63. The van der Waals surface area contributed by atoms with Crippen molar-refractivity contribution < 1.29 is 13.9 Å². The minimum absolute atomic E-state index is 0.183. The number of ether oxygens (including phenoxy) is 1. The van der Waals surface area contributed by atoms with Crippen LogP contribution in [0.2, 0.25) is 0 Å². The fourth-order valence-corrected chi connectivity index (χ4v) is 1.33. The van der Waals surface area contributed by atoms with Crippen molar-refractivity contribution in [2.75, 3.05) is 5.52 Å². The molecule has 0 aliphatic rings. The summed E-state index contributed by atoms with van der Waals surface area (Å²) in [5.74, 6) is -0.383. The molecule has 0 fully saturated rings. The third-order valence-corrected chi connectivity index (χ3v) is 1.98. The Bertz CT molecular complexity index is 466. The molecule has 1 heterocycles. The maximum atomic E-state index is 11.3. The summed E-state index contributed by atoms with van der Waals surface area (Å²) in [6.45, 7) is 0. The van der Waals surface area contributed by atoms with Crippen molar-refractivity contribution in [1.82, 2.24) is 4.98 Å². The number of fused-ring (bicyclic) bond motifs is 1. The Labute approximate surface area is 88.0 Å². The molecule has 1 aromatic heterocycles. The number of hydrogen-bond acceptors (Lipinski definition) is 4. The van der Waals surface area contributed by atoms with Gasteiger partial charge < -0.3 is 9.15 Å². The van der Waals surface area contributed by atoms with E-state index in [2.05, 4.69) is 20.9 Å². The summed E-state index contributed by atoms with van der Waals surface area (Å²) in [7, 11) is 0. The van der Waals surface area contributed by atoms with Crippen LogP contribution in [0, 0.1) is 0 Å². The summed E-state index contributed by atoms with van der Waals surface area (Å²) in [6.07, 6.45) is 1.34. The van der Waals surface area contributed by atoms with Crippen LogP contribution in [0.15, 0.2) is 29.0 Å². The van der Waals surface area contributed by atoms with Gasteiger partial charge in [0.25, 0.3) is 0 Å². The largest absolute Gasteiger partial charge is 0.450 e. The Balaban J connectivity index is 2.38. The zero-order valence-electron chi connectivity index (χ0n) is 7.07. The van der Waals surface area contributed by atoms with Gasteiger partial charge in [-0.05, 0) is 34.1 Å². The van der Waals surface area contributed by atoms with Gasteiger partial charge in [0.2, 0.25) is 0 Å². The number of alkyl halides is 1. The fraction of sp³-hybridized carbons (Fsp3) is 0.111. The van der Waals surface area contributed by atoms with Gasteiger partial charge in [-0.3, -0.25) is 0 Å². The van der Waals surface area contributed by atoms with E-state index in [-0.39, 0.29) is 11.5 Å². The number of aromatic nitrogens is 1. The maximum absolute atomic E-state index is 11.3. The van der Waals surface area contributed by atoms with Crippen LogP contribution in [0.5, 0.6) is 0 Å². The molecule has 4 nitrogen and oxygen atoms in total. The van der Waals surface area contributed by atoms with Gasteiger partial charge in [-0.1, -0.05) is 0 Å². The van der Waals surface area contributed by atoms with E-state index in [0.717, 1.165) is 0 Å². The van der Waals surface area contributed by atoms with Crippen molar-refractivity contribution >= 4 is 33.0 Å². The number of rotatable bonds is 2. The van der Waals surface area contributed by atoms with Gasteiger partial charge >= 0.3 is 5.97 Å². The van der Waals surface area contributed by atoms with Crippen molar-refractivity contribution in [3.63, 3.8) is 0 Å². The zero-order valence-corrected chi connectivity index (χ0v) is 8.65. The molecule has 0 aliphatic carbocycles. The van der Waals surface area contributed by atoms with Crippen molar-refractivity contribution in [3.8, 4) is 0 Å². The molecule has 2 rings (SSSR count). The molecular weight excluding hydrogens is 250 g/mol. The molecule has 72 valence electrons. The molecule has 0 radical (unpaired) electrons. The first kappa shape index (κ1) is 9.21. The lowest BCUT2D eigenvalue weighted by atomic mass is 10.2. The molecule has 0 aliphatic heterocycles. The zero-order chi connectivity index (χ0) is 9.97. The average molecular weight is 256 g/mol. The number of carbonyl (C=O) groups is 1. The molecule has 0 spiro atoms. The van der Waals surface area contributed by atoms with Gasteiger partial charge in [-0.15, -0.1) is 0 Å². The lowest BCUT2D eigenvalue weighted by Gasteiger charge is -1.99. The molecule has 5 heteroatoms. The van der Waals surface area contributed by atoms with Crippen LogP contribution in [0.1, 0.15) is 10.4 Å². The van der Waals surface area contributed by atoms with Crippen LogP contribution < -0.4 is 0 Å². The fourth-order valence-electron chi connectivity index (χ4n) is 1.12. The number of hydrogen-bond donors (Lipinski definition) is 0. The van der Waals surface area contributed by atoms with Crippen LogP contribution in [0.4, 0.5) is 0 Å². The molecule has 2 aromatic rings. The normalized spacial score (nSPS) is 10.4. The lowest BCUT2D eigenvalue weighted by molar-refractivity contribution is 0.0584. The molecule has 0 saturated heterocycles. The molecule has 0 unspecified atom stereocenters. The van der Waals surface area contributed by atoms with Crippen molar-refractivity contribution in [2.45, 2.75) is 0 Å². The first-order chi connectivity index (χ1) is 6.81. The second-order valence-corrected chi connectivity index (χ2v) is 3.03. The van der Waals surface area contributed by atoms with Crippen LogP contribution in [-0.2, 0) is 4.74 Å². The maximum Gasteiger partial charge on any atom is 0.339 e. The highest BCUT2D eigenvalue weighted by molar-refractivity contribution is 9.09. The molecule has 1 aromatic carbocycles. The molecule has 0 atom stereocenters. The number of esters is 1. The Hall–Kier alpha value is -1.36. The number of nitrogens with zero attached hydrogens (tertiary/aromatic N) is 1. The van der Waals surface area contributed by atoms with Gasteiger partial charge in [0.05, 0.1) is 5.56 Å². The first-order valence-corrected chi connectivity index (χ1v) is 5.00. The average Bonchev–Trinajstić information content (AvgIpc) is 2.64. The van der Waals surface area contributed by atoms with E-state index in [1.165, 1.54) is 6.39 Å². The SMILES string of the molecule is O=C(OCBr)c1ccc2ocnc2c1. The lowest BCUT2D eigenvalue weighted by Crippen LogP contribution is -2.02.